The molecule has 0 atom stereocenters. The van der Waals surface area contributed by atoms with Crippen molar-refractivity contribution in [2.24, 2.45) is 5.41 Å². The van der Waals surface area contributed by atoms with Crippen LogP contribution in [-0.2, 0) is 12.0 Å². The van der Waals surface area contributed by atoms with Crippen LogP contribution in [0.2, 0.25) is 0 Å². The summed E-state index contributed by atoms with van der Waals surface area (Å²) in [4.78, 5) is 0. The van der Waals surface area contributed by atoms with Crippen LogP contribution in [0.4, 0.5) is 0 Å². The first-order valence-corrected chi connectivity index (χ1v) is 4.39. The third-order valence-corrected chi connectivity index (χ3v) is 4.05. The number of rotatable bonds is 0. The lowest BCUT2D eigenvalue weighted by Gasteiger charge is -2.10. The first-order chi connectivity index (χ1) is 5.36. The van der Waals surface area contributed by atoms with Crippen LogP contribution < -0.4 is 0 Å². The van der Waals surface area contributed by atoms with E-state index in [1.807, 2.05) is 6.20 Å². The molecular formula is C9H10N2. The van der Waals surface area contributed by atoms with Gasteiger partial charge in [0.05, 0.1) is 0 Å². The molecule has 4 rings (SSSR count). The monoisotopic (exact) mass is 146 g/mol. The molecule has 0 bridgehead atoms. The van der Waals surface area contributed by atoms with Gasteiger partial charge < -0.3 is 0 Å². The van der Waals surface area contributed by atoms with Crippen LogP contribution in [0, 0.1) is 5.41 Å². The van der Waals surface area contributed by atoms with Gasteiger partial charge in [-0.2, -0.15) is 5.10 Å². The molecule has 0 amide bonds. The zero-order valence-corrected chi connectivity index (χ0v) is 6.38. The van der Waals surface area contributed by atoms with Crippen LogP contribution in [0.25, 0.3) is 0 Å². The van der Waals surface area contributed by atoms with Crippen LogP contribution in [0.1, 0.15) is 25.0 Å². The maximum absolute atomic E-state index is 4.32. The van der Waals surface area contributed by atoms with Crippen LogP contribution in [-0.4, -0.2) is 9.78 Å². The van der Waals surface area contributed by atoms with Gasteiger partial charge in [0.2, 0.25) is 0 Å². The maximum Gasteiger partial charge on any atom is 0.0492 e. The molecule has 0 aromatic carbocycles. The second kappa shape index (κ2) is 1.06. The number of hydrogen-bond acceptors (Lipinski definition) is 1. The third-order valence-electron chi connectivity index (χ3n) is 4.05. The summed E-state index contributed by atoms with van der Waals surface area (Å²) >= 11 is 0. The molecule has 2 fully saturated rings. The van der Waals surface area contributed by atoms with Gasteiger partial charge in [-0.3, -0.25) is 4.68 Å². The fourth-order valence-electron chi connectivity index (χ4n) is 3.12. The van der Waals surface area contributed by atoms with Gasteiger partial charge >= 0.3 is 0 Å². The second-order valence-corrected chi connectivity index (χ2v) is 4.41. The third kappa shape index (κ3) is 0.328. The molecule has 2 heterocycles. The van der Waals surface area contributed by atoms with Gasteiger partial charge in [0.25, 0.3) is 0 Å². The van der Waals surface area contributed by atoms with Crippen molar-refractivity contribution in [2.75, 3.05) is 0 Å². The number of aromatic nitrogens is 2. The Kier molecular flexibility index (Phi) is 0.478. The Hall–Kier alpha value is -0.790. The van der Waals surface area contributed by atoms with Crippen molar-refractivity contribution in [3.05, 3.63) is 18.0 Å². The summed E-state index contributed by atoms with van der Waals surface area (Å²) in [7, 11) is 0. The quantitative estimate of drug-likeness (QED) is 0.539. The van der Waals surface area contributed by atoms with Crippen molar-refractivity contribution in [3.63, 3.8) is 0 Å². The van der Waals surface area contributed by atoms with E-state index in [1.165, 1.54) is 31.5 Å². The van der Waals surface area contributed by atoms with Gasteiger partial charge in [-0.05, 0) is 30.7 Å². The van der Waals surface area contributed by atoms with Gasteiger partial charge in [-0.15, -0.1) is 0 Å². The minimum Gasteiger partial charge on any atom is -0.269 e. The summed E-state index contributed by atoms with van der Waals surface area (Å²) in [6.45, 7) is 1.17. The molecule has 0 unspecified atom stereocenters. The molecule has 2 aliphatic carbocycles. The minimum absolute atomic E-state index is 0.655. The summed E-state index contributed by atoms with van der Waals surface area (Å²) < 4.78 is 2.21. The van der Waals surface area contributed by atoms with Crippen molar-refractivity contribution in [1.82, 2.24) is 9.78 Å². The van der Waals surface area contributed by atoms with Crippen molar-refractivity contribution in [1.29, 1.82) is 0 Å². The highest BCUT2D eigenvalue weighted by Gasteiger charge is 2.84. The Morgan fingerprint density at radius 1 is 1.45 bits per heavy atom. The summed E-state index contributed by atoms with van der Waals surface area (Å²) in [6.07, 6.45) is 6.27. The van der Waals surface area contributed by atoms with E-state index >= 15 is 0 Å². The molecule has 0 spiro atoms. The Morgan fingerprint density at radius 3 is 3.27 bits per heavy atom. The Balaban J connectivity index is 2.05. The van der Waals surface area contributed by atoms with Gasteiger partial charge in [0.1, 0.15) is 0 Å². The van der Waals surface area contributed by atoms with Crippen LogP contribution in [0.15, 0.2) is 12.3 Å². The molecule has 2 saturated carbocycles. The van der Waals surface area contributed by atoms with E-state index in [1.54, 1.807) is 0 Å². The molecule has 0 saturated heterocycles. The molecule has 0 N–H and O–H groups in total. The lowest BCUT2D eigenvalue weighted by atomic mass is 10.1. The normalized spacial score (nSPS) is 49.1. The SMILES string of the molecule is c1cc2n(n1)CCC13CC21C3. The van der Waals surface area contributed by atoms with Crippen LogP contribution in [0.5, 0.6) is 0 Å². The molecule has 1 aromatic rings. The van der Waals surface area contributed by atoms with E-state index in [2.05, 4.69) is 15.8 Å². The Morgan fingerprint density at radius 2 is 2.36 bits per heavy atom. The molecular weight excluding hydrogens is 136 g/mol. The van der Waals surface area contributed by atoms with Crippen LogP contribution >= 0.6 is 0 Å². The van der Waals surface area contributed by atoms with Crippen molar-refractivity contribution >= 4 is 0 Å². The fraction of sp³-hybridized carbons (Fsp3) is 0.667. The first kappa shape index (κ1) is 4.96. The lowest BCUT2D eigenvalue weighted by molar-refractivity contribution is 0.467. The summed E-state index contributed by atoms with van der Waals surface area (Å²) in [5.41, 5.74) is 2.98. The van der Waals surface area contributed by atoms with Gasteiger partial charge in [-0.1, -0.05) is 0 Å². The number of aryl methyl sites for hydroxylation is 1. The summed E-state index contributed by atoms with van der Waals surface area (Å²) in [6, 6.07) is 2.22. The van der Waals surface area contributed by atoms with Crippen molar-refractivity contribution < 1.29 is 0 Å². The average molecular weight is 146 g/mol. The van der Waals surface area contributed by atoms with E-state index in [0.29, 0.717) is 5.41 Å². The van der Waals surface area contributed by atoms with E-state index in [-0.39, 0.29) is 0 Å². The van der Waals surface area contributed by atoms with Gasteiger partial charge in [0, 0.05) is 23.9 Å². The molecule has 56 valence electrons. The second-order valence-electron chi connectivity index (χ2n) is 4.41. The molecule has 11 heavy (non-hydrogen) atoms. The molecule has 1 aromatic heterocycles. The first-order valence-electron chi connectivity index (χ1n) is 4.39. The summed E-state index contributed by atoms with van der Waals surface area (Å²) in [5, 5.41) is 4.32. The minimum atomic E-state index is 0.655. The standard InChI is InChI=1S/C9H10N2/c1-3-10-11-4-2-8-5-9(8,6-8)7(1)11/h1,3H,2,4-6H2. The molecule has 0 radical (unpaired) electrons. The Labute approximate surface area is 65.2 Å². The van der Waals surface area contributed by atoms with E-state index in [4.69, 9.17) is 0 Å². The zero-order chi connectivity index (χ0) is 7.10. The highest BCUT2D eigenvalue weighted by atomic mass is 15.3. The number of hydrogen-bond donors (Lipinski definition) is 0. The highest BCUT2D eigenvalue weighted by molar-refractivity contribution is 5.48. The number of nitrogens with zero attached hydrogens (tertiary/aromatic N) is 2. The zero-order valence-electron chi connectivity index (χ0n) is 6.38. The van der Waals surface area contributed by atoms with E-state index in [9.17, 15) is 0 Å². The van der Waals surface area contributed by atoms with Gasteiger partial charge in [0.15, 0.2) is 0 Å². The molecule has 1 aliphatic heterocycles. The molecule has 2 heteroatoms. The molecule has 2 nitrogen and oxygen atoms in total. The van der Waals surface area contributed by atoms with Crippen LogP contribution in [0.3, 0.4) is 0 Å². The van der Waals surface area contributed by atoms with E-state index < -0.39 is 0 Å². The average Bonchev–Trinajstić information content (AvgIpc) is 2.71. The predicted molar refractivity (Wildman–Crippen MR) is 40.2 cm³/mol. The predicted octanol–water partition coefficient (Wildman–Crippen LogP) is 1.32. The lowest BCUT2D eigenvalue weighted by Crippen LogP contribution is -2.12. The smallest absolute Gasteiger partial charge is 0.0492 e. The van der Waals surface area contributed by atoms with Crippen molar-refractivity contribution in [2.45, 2.75) is 31.2 Å². The number of fused-ring (bicyclic) bond motifs is 1. The summed E-state index contributed by atoms with van der Waals surface area (Å²) in [5.74, 6) is 0. The Bertz CT molecular complexity index is 344. The van der Waals surface area contributed by atoms with Crippen molar-refractivity contribution in [3.8, 4) is 0 Å². The largest absolute Gasteiger partial charge is 0.269 e. The van der Waals surface area contributed by atoms with E-state index in [0.717, 1.165) is 5.41 Å². The maximum atomic E-state index is 4.32. The highest BCUT2D eigenvalue weighted by Crippen LogP contribution is 2.88. The topological polar surface area (TPSA) is 17.8 Å². The van der Waals surface area contributed by atoms with Gasteiger partial charge in [-0.25, -0.2) is 0 Å². The fourth-order valence-corrected chi connectivity index (χ4v) is 3.12. The molecule has 3 aliphatic rings.